The molecule has 1 amide bonds. The first-order chi connectivity index (χ1) is 13.8. The molecule has 5 nitrogen and oxygen atoms in total. The average Bonchev–Trinajstić information content (AvgIpc) is 2.67. The molecule has 156 valence electrons. The summed E-state index contributed by atoms with van der Waals surface area (Å²) >= 11 is 0. The highest BCUT2D eigenvalue weighted by Crippen LogP contribution is 2.35. The van der Waals surface area contributed by atoms with E-state index in [0.29, 0.717) is 11.1 Å². The van der Waals surface area contributed by atoms with Crippen molar-refractivity contribution in [2.24, 2.45) is 0 Å². The van der Waals surface area contributed by atoms with Gasteiger partial charge < -0.3 is 14.7 Å². The van der Waals surface area contributed by atoms with Gasteiger partial charge in [0.2, 0.25) is 5.91 Å². The minimum atomic E-state index is -0.446. The van der Waals surface area contributed by atoms with Crippen molar-refractivity contribution in [1.82, 2.24) is 4.90 Å². The van der Waals surface area contributed by atoms with E-state index in [0.717, 1.165) is 5.56 Å². The zero-order chi connectivity index (χ0) is 21.6. The van der Waals surface area contributed by atoms with Crippen LogP contribution in [0.25, 0.3) is 0 Å². The van der Waals surface area contributed by atoms with Crippen molar-refractivity contribution in [3.8, 4) is 5.75 Å². The molecular weight excluding hydrogens is 366 g/mol. The van der Waals surface area contributed by atoms with E-state index in [4.69, 9.17) is 4.74 Å². The first-order valence-corrected chi connectivity index (χ1v) is 10.1. The number of rotatable bonds is 8. The second-order valence-electron chi connectivity index (χ2n) is 7.65. The molecule has 2 aromatic carbocycles. The standard InChI is InChI=1S/C24H31NO4/c1-6-29-24(28)19-12-13-22(26)21(14-19)20(18-10-8-7-9-11-18)15-23(27)25(16(2)3)17(4)5/h7-14,16-17,20,26H,6,15H2,1-5H3/t20-/m0/s1. The van der Waals surface area contributed by atoms with Crippen LogP contribution in [-0.4, -0.2) is 40.6 Å². The number of ether oxygens (including phenoxy) is 1. The first kappa shape index (κ1) is 22.5. The van der Waals surface area contributed by atoms with Crippen molar-refractivity contribution in [3.63, 3.8) is 0 Å². The topological polar surface area (TPSA) is 66.8 Å². The minimum Gasteiger partial charge on any atom is -0.508 e. The van der Waals surface area contributed by atoms with Crippen LogP contribution in [0.4, 0.5) is 0 Å². The van der Waals surface area contributed by atoms with E-state index in [1.807, 2.05) is 62.9 Å². The fraction of sp³-hybridized carbons (Fsp3) is 0.417. The summed E-state index contributed by atoms with van der Waals surface area (Å²) in [4.78, 5) is 27.2. The minimum absolute atomic E-state index is 0.00444. The molecule has 0 radical (unpaired) electrons. The van der Waals surface area contributed by atoms with E-state index in [1.54, 1.807) is 13.0 Å². The number of amides is 1. The summed E-state index contributed by atoms with van der Waals surface area (Å²) < 4.78 is 5.09. The molecule has 2 rings (SSSR count). The number of carbonyl (C=O) groups excluding carboxylic acids is 2. The van der Waals surface area contributed by atoms with Crippen LogP contribution in [0.3, 0.4) is 0 Å². The third-order valence-corrected chi connectivity index (χ3v) is 4.90. The van der Waals surface area contributed by atoms with Gasteiger partial charge in [-0.2, -0.15) is 0 Å². The van der Waals surface area contributed by atoms with Crippen molar-refractivity contribution in [2.45, 2.75) is 59.0 Å². The number of benzene rings is 2. The Balaban J connectivity index is 2.49. The lowest BCUT2D eigenvalue weighted by atomic mass is 9.86. The summed E-state index contributed by atoms with van der Waals surface area (Å²) in [5.74, 6) is -0.763. The Morgan fingerprint density at radius 1 is 1.00 bits per heavy atom. The van der Waals surface area contributed by atoms with Crippen LogP contribution in [-0.2, 0) is 9.53 Å². The molecule has 0 unspecified atom stereocenters. The second kappa shape index (κ2) is 10.1. The molecule has 2 aromatic rings. The zero-order valence-electron chi connectivity index (χ0n) is 17.9. The summed E-state index contributed by atoms with van der Waals surface area (Å²) in [5, 5.41) is 10.6. The molecule has 0 aliphatic rings. The van der Waals surface area contributed by atoms with E-state index in [2.05, 4.69) is 0 Å². The molecule has 0 heterocycles. The van der Waals surface area contributed by atoms with E-state index in [9.17, 15) is 14.7 Å². The monoisotopic (exact) mass is 397 g/mol. The molecule has 0 fully saturated rings. The van der Waals surface area contributed by atoms with Gasteiger partial charge in [0.05, 0.1) is 12.2 Å². The quantitative estimate of drug-likeness (QED) is 0.654. The van der Waals surface area contributed by atoms with Gasteiger partial charge in [-0.25, -0.2) is 4.79 Å². The van der Waals surface area contributed by atoms with Crippen molar-refractivity contribution in [2.75, 3.05) is 6.61 Å². The van der Waals surface area contributed by atoms with E-state index >= 15 is 0 Å². The van der Waals surface area contributed by atoms with Crippen molar-refractivity contribution in [1.29, 1.82) is 0 Å². The van der Waals surface area contributed by atoms with Crippen LogP contribution >= 0.6 is 0 Å². The number of phenols is 1. The lowest BCUT2D eigenvalue weighted by Crippen LogP contribution is -2.42. The van der Waals surface area contributed by atoms with E-state index < -0.39 is 5.97 Å². The van der Waals surface area contributed by atoms with E-state index in [-0.39, 0.29) is 42.7 Å². The highest BCUT2D eigenvalue weighted by molar-refractivity contribution is 5.90. The Kier molecular flexibility index (Phi) is 7.82. The molecule has 1 atom stereocenters. The molecule has 0 aliphatic heterocycles. The first-order valence-electron chi connectivity index (χ1n) is 10.1. The van der Waals surface area contributed by atoms with Gasteiger partial charge in [0, 0.05) is 30.0 Å². The van der Waals surface area contributed by atoms with Crippen LogP contribution in [0.15, 0.2) is 48.5 Å². The molecule has 0 saturated carbocycles. The molecule has 0 aliphatic carbocycles. The largest absolute Gasteiger partial charge is 0.508 e. The van der Waals surface area contributed by atoms with Gasteiger partial charge in [0.15, 0.2) is 0 Å². The van der Waals surface area contributed by atoms with E-state index in [1.165, 1.54) is 12.1 Å². The van der Waals surface area contributed by atoms with Gasteiger partial charge in [0.25, 0.3) is 0 Å². The number of hydrogen-bond donors (Lipinski definition) is 1. The predicted molar refractivity (Wildman–Crippen MR) is 114 cm³/mol. The van der Waals surface area contributed by atoms with Gasteiger partial charge in [-0.05, 0) is 58.4 Å². The lowest BCUT2D eigenvalue weighted by molar-refractivity contribution is -0.135. The number of aromatic hydroxyl groups is 1. The van der Waals surface area contributed by atoms with Crippen LogP contribution in [0.5, 0.6) is 5.75 Å². The van der Waals surface area contributed by atoms with Crippen LogP contribution in [0.1, 0.15) is 68.4 Å². The second-order valence-corrected chi connectivity index (χ2v) is 7.65. The Morgan fingerprint density at radius 3 is 2.17 bits per heavy atom. The summed E-state index contributed by atoms with van der Waals surface area (Å²) in [6.07, 6.45) is 0.195. The summed E-state index contributed by atoms with van der Waals surface area (Å²) in [5.41, 5.74) is 1.81. The zero-order valence-corrected chi connectivity index (χ0v) is 17.9. The molecule has 29 heavy (non-hydrogen) atoms. The van der Waals surface area contributed by atoms with Crippen LogP contribution in [0, 0.1) is 0 Å². The molecule has 5 heteroatoms. The third kappa shape index (κ3) is 5.59. The van der Waals surface area contributed by atoms with Gasteiger partial charge >= 0.3 is 5.97 Å². The molecule has 1 N–H and O–H groups in total. The maximum Gasteiger partial charge on any atom is 0.338 e. The van der Waals surface area contributed by atoms with Crippen LogP contribution in [0.2, 0.25) is 0 Å². The Labute approximate surface area is 173 Å². The van der Waals surface area contributed by atoms with Crippen molar-refractivity contribution < 1.29 is 19.4 Å². The number of nitrogens with zero attached hydrogens (tertiary/aromatic N) is 1. The third-order valence-electron chi connectivity index (χ3n) is 4.90. The SMILES string of the molecule is CCOC(=O)c1ccc(O)c([C@@H](CC(=O)N(C(C)C)C(C)C)c2ccccc2)c1. The summed E-state index contributed by atoms with van der Waals surface area (Å²) in [7, 11) is 0. The molecule has 0 aromatic heterocycles. The highest BCUT2D eigenvalue weighted by atomic mass is 16.5. The van der Waals surface area contributed by atoms with Gasteiger partial charge in [-0.15, -0.1) is 0 Å². The molecular formula is C24H31NO4. The highest BCUT2D eigenvalue weighted by Gasteiger charge is 2.27. The van der Waals surface area contributed by atoms with Crippen LogP contribution < -0.4 is 0 Å². The maximum absolute atomic E-state index is 13.2. The van der Waals surface area contributed by atoms with Gasteiger partial charge in [-0.1, -0.05) is 30.3 Å². The Hall–Kier alpha value is -2.82. The molecule has 0 bridgehead atoms. The van der Waals surface area contributed by atoms with Crippen molar-refractivity contribution >= 4 is 11.9 Å². The Bertz CT molecular complexity index is 822. The lowest BCUT2D eigenvalue weighted by Gasteiger charge is -2.32. The number of phenolic OH excluding ortho intramolecular Hbond substituents is 1. The van der Waals surface area contributed by atoms with Gasteiger partial charge in [-0.3, -0.25) is 4.79 Å². The predicted octanol–water partition coefficient (Wildman–Crippen LogP) is 4.74. The normalized spacial score (nSPS) is 12.1. The smallest absolute Gasteiger partial charge is 0.338 e. The fourth-order valence-corrected chi connectivity index (χ4v) is 3.72. The number of hydrogen-bond acceptors (Lipinski definition) is 4. The summed E-state index contributed by atoms with van der Waals surface area (Å²) in [6.45, 7) is 10.00. The molecule has 0 saturated heterocycles. The van der Waals surface area contributed by atoms with Crippen molar-refractivity contribution in [3.05, 3.63) is 65.2 Å². The molecule has 0 spiro atoms. The average molecular weight is 398 g/mol. The number of carbonyl (C=O) groups is 2. The summed E-state index contributed by atoms with van der Waals surface area (Å²) in [6, 6.07) is 14.4. The maximum atomic E-state index is 13.2. The Morgan fingerprint density at radius 2 is 1.62 bits per heavy atom. The van der Waals surface area contributed by atoms with Gasteiger partial charge in [0.1, 0.15) is 5.75 Å². The fourth-order valence-electron chi connectivity index (χ4n) is 3.72. The number of esters is 1.